The van der Waals surface area contributed by atoms with Crippen LogP contribution in [0, 0.1) is 15.9 Å². The van der Waals surface area contributed by atoms with Crippen molar-refractivity contribution in [1.82, 2.24) is 4.98 Å². The van der Waals surface area contributed by atoms with Crippen molar-refractivity contribution in [2.45, 2.75) is 13.0 Å². The lowest BCUT2D eigenvalue weighted by molar-refractivity contribution is -0.385. The summed E-state index contributed by atoms with van der Waals surface area (Å²) in [7, 11) is 0. The van der Waals surface area contributed by atoms with Crippen LogP contribution in [-0.4, -0.2) is 9.91 Å². The minimum absolute atomic E-state index is 0.0862. The molecule has 1 aromatic heterocycles. The van der Waals surface area contributed by atoms with Crippen LogP contribution in [0.3, 0.4) is 0 Å². The fourth-order valence-electron chi connectivity index (χ4n) is 1.67. The lowest BCUT2D eigenvalue weighted by atomic mass is 10.1. The Kier molecular flexibility index (Phi) is 4.29. The van der Waals surface area contributed by atoms with Gasteiger partial charge in [-0.25, -0.2) is 9.37 Å². The number of benzene rings is 1. The smallest absolute Gasteiger partial charge is 0.288 e. The van der Waals surface area contributed by atoms with Crippen LogP contribution in [-0.2, 0) is 0 Å². The molecule has 0 fully saturated rings. The first kappa shape index (κ1) is 14.4. The van der Waals surface area contributed by atoms with Crippen LogP contribution >= 0.6 is 15.9 Å². The third-order valence-electron chi connectivity index (χ3n) is 2.76. The fraction of sp³-hybridized carbons (Fsp3) is 0.154. The summed E-state index contributed by atoms with van der Waals surface area (Å²) in [5.41, 5.74) is 0.801. The molecule has 0 radical (unpaired) electrons. The maximum atomic E-state index is 12.9. The van der Waals surface area contributed by atoms with E-state index in [2.05, 4.69) is 26.2 Å². The van der Waals surface area contributed by atoms with Crippen molar-refractivity contribution in [1.29, 1.82) is 0 Å². The zero-order valence-corrected chi connectivity index (χ0v) is 12.1. The third kappa shape index (κ3) is 3.30. The minimum atomic E-state index is -0.509. The first-order chi connectivity index (χ1) is 9.47. The van der Waals surface area contributed by atoms with Gasteiger partial charge < -0.3 is 5.32 Å². The van der Waals surface area contributed by atoms with E-state index in [1.807, 2.05) is 6.92 Å². The molecular formula is C13H11BrFN3O2. The molecule has 1 N–H and O–H groups in total. The number of nitro groups is 1. The van der Waals surface area contributed by atoms with Crippen molar-refractivity contribution in [3.05, 3.63) is 62.5 Å². The number of aromatic nitrogens is 1. The maximum Gasteiger partial charge on any atom is 0.288 e. The van der Waals surface area contributed by atoms with E-state index in [4.69, 9.17) is 0 Å². The van der Waals surface area contributed by atoms with Crippen LogP contribution < -0.4 is 5.32 Å². The lowest BCUT2D eigenvalue weighted by Crippen LogP contribution is -2.08. The molecule has 0 saturated heterocycles. The van der Waals surface area contributed by atoms with Crippen molar-refractivity contribution in [3.63, 3.8) is 0 Å². The van der Waals surface area contributed by atoms with E-state index in [0.29, 0.717) is 10.3 Å². The highest BCUT2D eigenvalue weighted by Crippen LogP contribution is 2.27. The number of hydrogen-bond acceptors (Lipinski definition) is 4. The summed E-state index contributed by atoms with van der Waals surface area (Å²) in [6.07, 6.45) is 1.18. The quantitative estimate of drug-likeness (QED) is 0.673. The Bertz CT molecular complexity index is 634. The van der Waals surface area contributed by atoms with E-state index in [0.717, 1.165) is 5.56 Å². The molecule has 0 aliphatic carbocycles. The molecule has 0 aliphatic heterocycles. The molecule has 2 aromatic rings. The monoisotopic (exact) mass is 339 g/mol. The van der Waals surface area contributed by atoms with Crippen molar-refractivity contribution in [2.75, 3.05) is 5.32 Å². The molecule has 1 atom stereocenters. The summed E-state index contributed by atoms with van der Waals surface area (Å²) in [4.78, 5) is 14.1. The van der Waals surface area contributed by atoms with Gasteiger partial charge in [0, 0.05) is 12.1 Å². The van der Waals surface area contributed by atoms with E-state index in [9.17, 15) is 14.5 Å². The van der Waals surface area contributed by atoms with Crippen LogP contribution in [0.2, 0.25) is 0 Å². The molecule has 0 bridgehead atoms. The fourth-order valence-corrected chi connectivity index (χ4v) is 2.13. The van der Waals surface area contributed by atoms with E-state index in [-0.39, 0.29) is 17.5 Å². The summed E-state index contributed by atoms with van der Waals surface area (Å²) in [6, 6.07) is 7.38. The van der Waals surface area contributed by atoms with Crippen molar-refractivity contribution < 1.29 is 9.31 Å². The molecule has 20 heavy (non-hydrogen) atoms. The SMILES string of the molecule is CC(Nc1ncc([N+](=O)[O-])cc1Br)c1ccc(F)cc1. The third-order valence-corrected chi connectivity index (χ3v) is 3.37. The second-order valence-corrected chi connectivity index (χ2v) is 5.05. The van der Waals surface area contributed by atoms with Crippen LogP contribution in [0.4, 0.5) is 15.9 Å². The number of halogens is 2. The van der Waals surface area contributed by atoms with Crippen LogP contribution in [0.15, 0.2) is 41.0 Å². The van der Waals surface area contributed by atoms with Gasteiger partial charge >= 0.3 is 0 Å². The zero-order chi connectivity index (χ0) is 14.7. The van der Waals surface area contributed by atoms with Crippen molar-refractivity contribution in [3.8, 4) is 0 Å². The number of rotatable bonds is 4. The van der Waals surface area contributed by atoms with E-state index in [1.165, 1.54) is 24.4 Å². The zero-order valence-electron chi connectivity index (χ0n) is 10.5. The highest BCUT2D eigenvalue weighted by atomic mass is 79.9. The normalized spacial score (nSPS) is 11.9. The number of nitrogens with zero attached hydrogens (tertiary/aromatic N) is 2. The summed E-state index contributed by atoms with van der Waals surface area (Å²) >= 11 is 3.24. The maximum absolute atomic E-state index is 12.9. The largest absolute Gasteiger partial charge is 0.363 e. The molecule has 5 nitrogen and oxygen atoms in total. The number of nitrogens with one attached hydrogen (secondary N) is 1. The van der Waals surface area contributed by atoms with Gasteiger partial charge in [-0.1, -0.05) is 12.1 Å². The lowest BCUT2D eigenvalue weighted by Gasteiger charge is -2.15. The van der Waals surface area contributed by atoms with Gasteiger partial charge in [-0.3, -0.25) is 10.1 Å². The summed E-state index contributed by atoms with van der Waals surface area (Å²) in [5.74, 6) is 0.197. The summed E-state index contributed by atoms with van der Waals surface area (Å²) < 4.78 is 13.4. The van der Waals surface area contributed by atoms with Crippen molar-refractivity contribution in [2.24, 2.45) is 0 Å². The van der Waals surface area contributed by atoms with E-state index >= 15 is 0 Å². The molecule has 1 unspecified atom stereocenters. The van der Waals surface area contributed by atoms with Gasteiger partial charge in [0.1, 0.15) is 17.8 Å². The van der Waals surface area contributed by atoms with Gasteiger partial charge in [0.15, 0.2) is 0 Å². The standard InChI is InChI=1S/C13H11BrFN3O2/c1-8(9-2-4-10(15)5-3-9)17-13-12(14)6-11(7-16-13)18(19)20/h2-8H,1H3,(H,16,17). The molecule has 0 amide bonds. The van der Waals surface area contributed by atoms with Gasteiger partial charge in [0.25, 0.3) is 5.69 Å². The summed E-state index contributed by atoms with van der Waals surface area (Å²) in [5, 5.41) is 13.7. The molecule has 7 heteroatoms. The Balaban J connectivity index is 2.17. The van der Waals surface area contributed by atoms with Gasteiger partial charge in [0.2, 0.25) is 0 Å². The highest BCUT2D eigenvalue weighted by Gasteiger charge is 2.13. The van der Waals surface area contributed by atoms with Gasteiger partial charge in [-0.2, -0.15) is 0 Å². The molecule has 1 heterocycles. The number of pyridine rings is 1. The van der Waals surface area contributed by atoms with Gasteiger partial charge in [-0.05, 0) is 40.5 Å². The molecule has 0 aliphatic rings. The second kappa shape index (κ2) is 5.96. The van der Waals surface area contributed by atoms with E-state index < -0.39 is 4.92 Å². The second-order valence-electron chi connectivity index (χ2n) is 4.20. The van der Waals surface area contributed by atoms with Crippen LogP contribution in [0.5, 0.6) is 0 Å². The first-order valence-corrected chi connectivity index (χ1v) is 6.58. The van der Waals surface area contributed by atoms with Gasteiger partial charge in [0.05, 0.1) is 9.40 Å². The molecular weight excluding hydrogens is 329 g/mol. The molecule has 1 aromatic carbocycles. The molecule has 0 spiro atoms. The van der Waals surface area contributed by atoms with Crippen molar-refractivity contribution >= 4 is 27.4 Å². The molecule has 104 valence electrons. The van der Waals surface area contributed by atoms with E-state index in [1.54, 1.807) is 12.1 Å². The predicted molar refractivity (Wildman–Crippen MR) is 77.0 cm³/mol. The average Bonchev–Trinajstić information content (AvgIpc) is 2.41. The Morgan fingerprint density at radius 2 is 2.05 bits per heavy atom. The topological polar surface area (TPSA) is 68.1 Å². The van der Waals surface area contributed by atoms with Crippen LogP contribution in [0.1, 0.15) is 18.5 Å². The Morgan fingerprint density at radius 1 is 1.40 bits per heavy atom. The average molecular weight is 340 g/mol. The summed E-state index contributed by atoms with van der Waals surface area (Å²) in [6.45, 7) is 1.89. The molecule has 0 saturated carbocycles. The predicted octanol–water partition coefficient (Wildman–Crippen LogP) is 4.06. The first-order valence-electron chi connectivity index (χ1n) is 5.79. The number of hydrogen-bond donors (Lipinski definition) is 1. The number of anilines is 1. The Hall–Kier alpha value is -2.02. The molecule has 2 rings (SSSR count). The Morgan fingerprint density at radius 3 is 2.60 bits per heavy atom. The highest BCUT2D eigenvalue weighted by molar-refractivity contribution is 9.10. The Labute approximate surface area is 123 Å². The van der Waals surface area contributed by atoms with Gasteiger partial charge in [-0.15, -0.1) is 0 Å². The van der Waals surface area contributed by atoms with Crippen LogP contribution in [0.25, 0.3) is 0 Å². The minimum Gasteiger partial charge on any atom is -0.363 e.